The molecule has 0 unspecified atom stereocenters. The molecule has 0 N–H and O–H groups in total. The highest BCUT2D eigenvalue weighted by Crippen LogP contribution is 2.56. The number of aryl methyl sites for hydroxylation is 1. The van der Waals surface area contributed by atoms with Gasteiger partial charge in [-0.05, 0) is 61.2 Å². The summed E-state index contributed by atoms with van der Waals surface area (Å²) in [6.07, 6.45) is 4.08. The van der Waals surface area contributed by atoms with Gasteiger partial charge in [0.05, 0.1) is 23.7 Å². The van der Waals surface area contributed by atoms with Crippen LogP contribution >= 0.6 is 11.6 Å². The van der Waals surface area contributed by atoms with Gasteiger partial charge in [0.25, 0.3) is 0 Å². The monoisotopic (exact) mass is 510 g/mol. The van der Waals surface area contributed by atoms with Crippen molar-refractivity contribution in [1.29, 1.82) is 0 Å². The maximum absolute atomic E-state index is 11.8. The molecule has 2 saturated heterocycles. The molecule has 0 atom stereocenters. The Labute approximate surface area is 209 Å². The normalized spacial score (nSPS) is 23.1. The third kappa shape index (κ3) is 3.58. The molecule has 0 radical (unpaired) electrons. The van der Waals surface area contributed by atoms with Gasteiger partial charge in [0.1, 0.15) is 11.6 Å². The highest BCUT2D eigenvalue weighted by Gasteiger charge is 2.54. The van der Waals surface area contributed by atoms with Gasteiger partial charge in [-0.1, -0.05) is 11.6 Å². The lowest BCUT2D eigenvalue weighted by Crippen LogP contribution is -2.62. The molecule has 0 amide bonds. The third-order valence-electron chi connectivity index (χ3n) is 8.17. The van der Waals surface area contributed by atoms with Crippen LogP contribution in [-0.2, 0) is 22.9 Å². The van der Waals surface area contributed by atoms with Crippen LogP contribution < -0.4 is 4.90 Å². The lowest BCUT2D eigenvalue weighted by molar-refractivity contribution is 0.0581. The number of benzene rings is 1. The van der Waals surface area contributed by atoms with Gasteiger partial charge in [-0.15, -0.1) is 10.2 Å². The van der Waals surface area contributed by atoms with Crippen LogP contribution in [0.15, 0.2) is 36.5 Å². The summed E-state index contributed by atoms with van der Waals surface area (Å²) in [5.74, 6) is 3.75. The molecule has 1 aromatic carbocycles. The zero-order valence-corrected chi connectivity index (χ0v) is 21.1. The van der Waals surface area contributed by atoms with Crippen molar-refractivity contribution in [3.8, 4) is 5.69 Å². The van der Waals surface area contributed by atoms with E-state index in [0.29, 0.717) is 29.4 Å². The quantitative estimate of drug-likeness (QED) is 0.535. The smallest absolute Gasteiger partial charge is 0.153 e. The summed E-state index contributed by atoms with van der Waals surface area (Å²) in [7, 11) is -2.91. The minimum Gasteiger partial charge on any atom is -0.355 e. The van der Waals surface area contributed by atoms with Crippen LogP contribution in [0.2, 0.25) is 5.02 Å². The number of fused-ring (bicyclic) bond motifs is 3. The van der Waals surface area contributed by atoms with E-state index in [-0.39, 0.29) is 17.5 Å². The fourth-order valence-corrected chi connectivity index (χ4v) is 8.06. The first-order valence-electron chi connectivity index (χ1n) is 12.1. The summed E-state index contributed by atoms with van der Waals surface area (Å²) in [4.78, 5) is 9.13. The van der Waals surface area contributed by atoms with E-state index in [4.69, 9.17) is 11.6 Å². The van der Waals surface area contributed by atoms with E-state index in [0.717, 1.165) is 54.6 Å². The Morgan fingerprint density at radius 1 is 1.06 bits per heavy atom. The second-order valence-electron chi connectivity index (χ2n) is 10.9. The van der Waals surface area contributed by atoms with Crippen molar-refractivity contribution in [3.63, 3.8) is 0 Å². The second kappa shape index (κ2) is 7.51. The number of hydrogen-bond acceptors (Lipinski definition) is 7. The molecule has 35 heavy (non-hydrogen) atoms. The molecule has 3 aromatic rings. The first-order chi connectivity index (χ1) is 16.8. The van der Waals surface area contributed by atoms with E-state index in [1.54, 1.807) is 0 Å². The summed E-state index contributed by atoms with van der Waals surface area (Å²) in [5, 5.41) is 9.96. The van der Waals surface area contributed by atoms with E-state index < -0.39 is 9.84 Å². The second-order valence-corrected chi connectivity index (χ2v) is 13.5. The Morgan fingerprint density at radius 3 is 2.60 bits per heavy atom. The SMILES string of the molecule is Cc1ccnc(N2CC3(CC(c4nnc5n4-c4ccc(Cl)cc4CN(C4CS(=O)(=O)C4)C5)C3)C2)c1. The maximum atomic E-state index is 11.8. The first kappa shape index (κ1) is 21.8. The highest BCUT2D eigenvalue weighted by molar-refractivity contribution is 7.92. The van der Waals surface area contributed by atoms with Gasteiger partial charge in [0, 0.05) is 48.2 Å². The van der Waals surface area contributed by atoms with Crippen LogP contribution in [0.25, 0.3) is 5.69 Å². The molecule has 182 valence electrons. The molecule has 3 aliphatic heterocycles. The van der Waals surface area contributed by atoms with Gasteiger partial charge in [0.15, 0.2) is 15.7 Å². The van der Waals surface area contributed by atoms with E-state index in [9.17, 15) is 8.42 Å². The minimum atomic E-state index is -2.91. The molecule has 1 saturated carbocycles. The number of sulfone groups is 1. The van der Waals surface area contributed by atoms with Crippen LogP contribution in [0.5, 0.6) is 0 Å². The molecule has 1 aliphatic carbocycles. The van der Waals surface area contributed by atoms with Crippen molar-refractivity contribution in [2.45, 2.75) is 44.8 Å². The predicted octanol–water partition coefficient (Wildman–Crippen LogP) is 3.12. The van der Waals surface area contributed by atoms with Gasteiger partial charge < -0.3 is 4.90 Å². The Morgan fingerprint density at radius 2 is 1.86 bits per heavy atom. The molecule has 8 nitrogen and oxygen atoms in total. The largest absolute Gasteiger partial charge is 0.355 e. The van der Waals surface area contributed by atoms with Gasteiger partial charge in [-0.3, -0.25) is 9.47 Å². The van der Waals surface area contributed by atoms with Crippen LogP contribution in [-0.4, -0.2) is 63.7 Å². The molecule has 10 heteroatoms. The van der Waals surface area contributed by atoms with Crippen molar-refractivity contribution >= 4 is 27.3 Å². The maximum Gasteiger partial charge on any atom is 0.153 e. The van der Waals surface area contributed by atoms with Crippen LogP contribution in [0.4, 0.5) is 5.82 Å². The standard InChI is InChI=1S/C25H27ClN6O2S/c1-16-4-5-27-22(6-16)31-14-25(15-31)8-18(9-25)24-29-28-23-11-30(20-12-35(33,34)13-20)10-17-7-19(26)2-3-21(17)32(23)24/h2-7,18,20H,8-15H2,1H3. The summed E-state index contributed by atoms with van der Waals surface area (Å²) in [5.41, 5.74) is 3.73. The van der Waals surface area contributed by atoms with Crippen molar-refractivity contribution in [2.24, 2.45) is 5.41 Å². The van der Waals surface area contributed by atoms with Gasteiger partial charge in [-0.2, -0.15) is 0 Å². The van der Waals surface area contributed by atoms with Crippen molar-refractivity contribution in [2.75, 3.05) is 29.5 Å². The first-order valence-corrected chi connectivity index (χ1v) is 14.3. The van der Waals surface area contributed by atoms with Crippen LogP contribution in [0.3, 0.4) is 0 Å². The molecule has 3 fully saturated rings. The Kier molecular flexibility index (Phi) is 4.67. The zero-order chi connectivity index (χ0) is 23.9. The highest BCUT2D eigenvalue weighted by atomic mass is 35.5. The van der Waals surface area contributed by atoms with Crippen molar-refractivity contribution in [1.82, 2.24) is 24.6 Å². The number of pyridine rings is 1. The van der Waals surface area contributed by atoms with Gasteiger partial charge in [0.2, 0.25) is 0 Å². The summed E-state index contributed by atoms with van der Waals surface area (Å²) >= 11 is 6.37. The topological polar surface area (TPSA) is 84.2 Å². The number of aromatic nitrogens is 4. The van der Waals surface area contributed by atoms with Gasteiger partial charge in [-0.25, -0.2) is 13.4 Å². The van der Waals surface area contributed by atoms with E-state index in [2.05, 4.69) is 48.6 Å². The average molecular weight is 511 g/mol. The average Bonchev–Trinajstić information content (AvgIpc) is 3.05. The summed E-state index contributed by atoms with van der Waals surface area (Å²) in [6, 6.07) is 10.2. The Hall–Kier alpha value is -2.49. The lowest BCUT2D eigenvalue weighted by Gasteiger charge is -2.59. The fraction of sp³-hybridized carbons (Fsp3) is 0.480. The van der Waals surface area contributed by atoms with Crippen LogP contribution in [0, 0.1) is 12.3 Å². The van der Waals surface area contributed by atoms with E-state index >= 15 is 0 Å². The summed E-state index contributed by atoms with van der Waals surface area (Å²) < 4.78 is 25.9. The van der Waals surface area contributed by atoms with E-state index in [1.165, 1.54) is 5.56 Å². The summed E-state index contributed by atoms with van der Waals surface area (Å²) in [6.45, 7) is 5.43. The Balaban J connectivity index is 1.14. The molecular formula is C25H27ClN6O2S. The number of nitrogens with zero attached hydrogens (tertiary/aromatic N) is 6. The predicted molar refractivity (Wildman–Crippen MR) is 134 cm³/mol. The zero-order valence-electron chi connectivity index (χ0n) is 19.6. The van der Waals surface area contributed by atoms with Crippen LogP contribution in [0.1, 0.15) is 41.5 Å². The molecule has 0 bridgehead atoms. The lowest BCUT2D eigenvalue weighted by atomic mass is 9.57. The fourth-order valence-electron chi connectivity index (χ4n) is 6.37. The Bertz CT molecular complexity index is 1430. The third-order valence-corrected chi connectivity index (χ3v) is 10.2. The molecule has 2 aromatic heterocycles. The number of hydrogen-bond donors (Lipinski definition) is 0. The molecule has 4 aliphatic rings. The molecule has 5 heterocycles. The number of halogens is 1. The molecular weight excluding hydrogens is 484 g/mol. The molecule has 7 rings (SSSR count). The number of rotatable bonds is 3. The minimum absolute atomic E-state index is 0.0155. The van der Waals surface area contributed by atoms with Crippen molar-refractivity contribution < 1.29 is 8.42 Å². The molecule has 1 spiro atoms. The number of anilines is 1. The van der Waals surface area contributed by atoms with Crippen molar-refractivity contribution in [3.05, 3.63) is 64.3 Å². The van der Waals surface area contributed by atoms with Gasteiger partial charge >= 0.3 is 0 Å². The van der Waals surface area contributed by atoms with E-state index in [1.807, 2.05) is 24.4 Å².